The number of pyridine rings is 1. The Morgan fingerprint density at radius 2 is 1.69 bits per heavy atom. The molecular weight excluding hydrogens is 421 g/mol. The van der Waals surface area contributed by atoms with Gasteiger partial charge in [0, 0.05) is 37.4 Å². The number of rotatable bonds is 3. The molecular formula is C16H14Cl3N3O3S. The summed E-state index contributed by atoms with van der Waals surface area (Å²) in [5.74, 6) is -0.216. The van der Waals surface area contributed by atoms with Crippen molar-refractivity contribution in [1.29, 1.82) is 0 Å². The summed E-state index contributed by atoms with van der Waals surface area (Å²) in [6, 6.07) is 7.43. The van der Waals surface area contributed by atoms with E-state index in [0.29, 0.717) is 10.7 Å². The van der Waals surface area contributed by atoms with Gasteiger partial charge in [0.05, 0.1) is 10.6 Å². The largest absolute Gasteiger partial charge is 0.336 e. The quantitative estimate of drug-likeness (QED) is 0.696. The Morgan fingerprint density at radius 1 is 1.00 bits per heavy atom. The first-order chi connectivity index (χ1) is 12.3. The third-order valence-corrected chi connectivity index (χ3v) is 6.85. The number of nitrogens with zero attached hydrogens (tertiary/aromatic N) is 3. The maximum absolute atomic E-state index is 12.8. The number of benzene rings is 1. The molecule has 1 aromatic heterocycles. The van der Waals surface area contributed by atoms with Crippen LogP contribution in [0, 0.1) is 0 Å². The monoisotopic (exact) mass is 433 g/mol. The Kier molecular flexibility index (Phi) is 5.74. The van der Waals surface area contributed by atoms with Gasteiger partial charge in [0.15, 0.2) is 0 Å². The standard InChI is InChI=1S/C16H14Cl3N3O3S/c17-12-2-3-13(18)14(9-12)26(24,25)22-7-5-21(6-8-22)16(23)11-1-4-15(19)20-10-11/h1-4,9-10H,5-8H2. The lowest BCUT2D eigenvalue weighted by Crippen LogP contribution is -2.50. The summed E-state index contributed by atoms with van der Waals surface area (Å²) in [6.07, 6.45) is 1.40. The predicted octanol–water partition coefficient (Wildman–Crippen LogP) is 3.19. The smallest absolute Gasteiger partial charge is 0.255 e. The first-order valence-corrected chi connectivity index (χ1v) is 10.2. The van der Waals surface area contributed by atoms with Crippen LogP contribution in [0.1, 0.15) is 10.4 Å². The fourth-order valence-electron chi connectivity index (χ4n) is 2.63. The molecule has 0 saturated carbocycles. The van der Waals surface area contributed by atoms with E-state index in [1.54, 1.807) is 11.0 Å². The maximum Gasteiger partial charge on any atom is 0.255 e. The highest BCUT2D eigenvalue weighted by Gasteiger charge is 2.32. The topological polar surface area (TPSA) is 70.6 Å². The summed E-state index contributed by atoms with van der Waals surface area (Å²) in [6.45, 7) is 0.855. The number of amides is 1. The summed E-state index contributed by atoms with van der Waals surface area (Å²) in [5.41, 5.74) is 0.406. The van der Waals surface area contributed by atoms with Gasteiger partial charge in [-0.1, -0.05) is 34.8 Å². The third kappa shape index (κ3) is 3.97. The van der Waals surface area contributed by atoms with Crippen LogP contribution in [0.25, 0.3) is 0 Å². The van der Waals surface area contributed by atoms with E-state index in [4.69, 9.17) is 34.8 Å². The van der Waals surface area contributed by atoms with E-state index in [2.05, 4.69) is 4.98 Å². The highest BCUT2D eigenvalue weighted by atomic mass is 35.5. The van der Waals surface area contributed by atoms with Gasteiger partial charge in [0.1, 0.15) is 10.0 Å². The zero-order valence-corrected chi connectivity index (χ0v) is 16.5. The SMILES string of the molecule is O=C(c1ccc(Cl)nc1)N1CCN(S(=O)(=O)c2cc(Cl)ccc2Cl)CC1. The molecule has 1 saturated heterocycles. The molecule has 0 aliphatic carbocycles. The highest BCUT2D eigenvalue weighted by Crippen LogP contribution is 2.28. The Morgan fingerprint density at radius 3 is 2.31 bits per heavy atom. The van der Waals surface area contributed by atoms with Crippen LogP contribution >= 0.6 is 34.8 Å². The van der Waals surface area contributed by atoms with Gasteiger partial charge in [-0.15, -0.1) is 0 Å². The molecule has 1 aromatic carbocycles. The van der Waals surface area contributed by atoms with Gasteiger partial charge in [-0.3, -0.25) is 4.79 Å². The average Bonchev–Trinajstić information content (AvgIpc) is 2.64. The second kappa shape index (κ2) is 7.70. The number of hydrogen-bond donors (Lipinski definition) is 0. The van der Waals surface area contributed by atoms with E-state index < -0.39 is 10.0 Å². The molecule has 138 valence electrons. The van der Waals surface area contributed by atoms with E-state index >= 15 is 0 Å². The Bertz CT molecular complexity index is 928. The summed E-state index contributed by atoms with van der Waals surface area (Å²) >= 11 is 17.6. The number of aromatic nitrogens is 1. The number of piperazine rings is 1. The first kappa shape index (κ1) is 19.4. The number of halogens is 3. The molecule has 2 heterocycles. The van der Waals surface area contributed by atoms with E-state index in [0.717, 1.165) is 0 Å². The van der Waals surface area contributed by atoms with Crippen LogP contribution in [0.15, 0.2) is 41.4 Å². The molecule has 0 unspecified atom stereocenters. The second-order valence-corrected chi connectivity index (χ2v) is 8.78. The minimum absolute atomic E-state index is 0.0339. The molecule has 2 aromatic rings. The predicted molar refractivity (Wildman–Crippen MR) is 100 cm³/mol. The average molecular weight is 435 g/mol. The lowest BCUT2D eigenvalue weighted by atomic mass is 10.2. The van der Waals surface area contributed by atoms with Gasteiger partial charge in [0.25, 0.3) is 5.91 Å². The van der Waals surface area contributed by atoms with Gasteiger partial charge in [0.2, 0.25) is 10.0 Å². The molecule has 10 heteroatoms. The molecule has 1 amide bonds. The molecule has 0 radical (unpaired) electrons. The van der Waals surface area contributed by atoms with Crippen LogP contribution in [-0.2, 0) is 10.0 Å². The Labute approximate surface area is 166 Å². The molecule has 0 atom stereocenters. The third-order valence-electron chi connectivity index (χ3n) is 4.01. The molecule has 3 rings (SSSR count). The number of carbonyl (C=O) groups excluding carboxylic acids is 1. The number of carbonyl (C=O) groups is 1. The molecule has 1 fully saturated rings. The Hall–Kier alpha value is -1.38. The summed E-state index contributed by atoms with van der Waals surface area (Å²) in [5, 5.41) is 0.702. The van der Waals surface area contributed by atoms with Crippen LogP contribution in [0.4, 0.5) is 0 Å². The zero-order valence-electron chi connectivity index (χ0n) is 13.4. The highest BCUT2D eigenvalue weighted by molar-refractivity contribution is 7.89. The molecule has 6 nitrogen and oxygen atoms in total. The Balaban J connectivity index is 1.72. The van der Waals surface area contributed by atoms with Crippen molar-refractivity contribution in [2.45, 2.75) is 4.90 Å². The van der Waals surface area contributed by atoms with Crippen molar-refractivity contribution in [3.8, 4) is 0 Å². The van der Waals surface area contributed by atoms with Crippen LogP contribution in [0.3, 0.4) is 0 Å². The van der Waals surface area contributed by atoms with E-state index in [1.807, 2.05) is 0 Å². The van der Waals surface area contributed by atoms with E-state index in [1.165, 1.54) is 34.8 Å². The minimum Gasteiger partial charge on any atom is -0.336 e. The molecule has 1 aliphatic heterocycles. The van der Waals surface area contributed by atoms with Crippen molar-refractivity contribution in [2.75, 3.05) is 26.2 Å². The van der Waals surface area contributed by atoms with Gasteiger partial charge < -0.3 is 4.90 Å². The van der Waals surface area contributed by atoms with Crippen LogP contribution in [0.5, 0.6) is 0 Å². The molecule has 1 aliphatic rings. The van der Waals surface area contributed by atoms with Crippen molar-refractivity contribution < 1.29 is 13.2 Å². The maximum atomic E-state index is 12.8. The normalized spacial score (nSPS) is 15.9. The van der Waals surface area contributed by atoms with Gasteiger partial charge in [-0.05, 0) is 30.3 Å². The van der Waals surface area contributed by atoms with Gasteiger partial charge >= 0.3 is 0 Å². The van der Waals surface area contributed by atoms with Crippen LogP contribution in [0.2, 0.25) is 15.2 Å². The summed E-state index contributed by atoms with van der Waals surface area (Å²) < 4.78 is 26.9. The van der Waals surface area contributed by atoms with Crippen molar-refractivity contribution in [3.63, 3.8) is 0 Å². The lowest BCUT2D eigenvalue weighted by molar-refractivity contribution is 0.0697. The fraction of sp³-hybridized carbons (Fsp3) is 0.250. The summed E-state index contributed by atoms with van der Waals surface area (Å²) in [7, 11) is -3.79. The lowest BCUT2D eigenvalue weighted by Gasteiger charge is -2.34. The second-order valence-electron chi connectivity index (χ2n) is 5.64. The van der Waals surface area contributed by atoms with Crippen LogP contribution < -0.4 is 0 Å². The van der Waals surface area contributed by atoms with Crippen molar-refractivity contribution in [2.24, 2.45) is 0 Å². The zero-order chi connectivity index (χ0) is 18.9. The number of sulfonamides is 1. The van der Waals surface area contributed by atoms with Crippen molar-refractivity contribution in [1.82, 2.24) is 14.2 Å². The molecule has 0 N–H and O–H groups in total. The molecule has 0 bridgehead atoms. The van der Waals surface area contributed by atoms with Crippen molar-refractivity contribution >= 4 is 50.7 Å². The van der Waals surface area contributed by atoms with Gasteiger partial charge in [-0.25, -0.2) is 13.4 Å². The van der Waals surface area contributed by atoms with Gasteiger partial charge in [-0.2, -0.15) is 4.31 Å². The van der Waals surface area contributed by atoms with Crippen LogP contribution in [-0.4, -0.2) is 54.7 Å². The fourth-order valence-corrected chi connectivity index (χ4v) is 4.90. The first-order valence-electron chi connectivity index (χ1n) is 7.65. The number of hydrogen-bond acceptors (Lipinski definition) is 4. The summed E-state index contributed by atoms with van der Waals surface area (Å²) in [4.78, 5) is 17.9. The molecule has 26 heavy (non-hydrogen) atoms. The van der Waals surface area contributed by atoms with E-state index in [9.17, 15) is 13.2 Å². The van der Waals surface area contributed by atoms with E-state index in [-0.39, 0.29) is 47.0 Å². The van der Waals surface area contributed by atoms with Crippen molar-refractivity contribution in [3.05, 3.63) is 57.3 Å². The minimum atomic E-state index is -3.79. The molecule has 0 spiro atoms.